The molecule has 0 amide bonds. The Kier molecular flexibility index (Phi) is 1.68. The molecular formula is C7H7BO. The molecule has 0 fully saturated rings. The van der Waals surface area contributed by atoms with E-state index in [9.17, 15) is 0 Å². The van der Waals surface area contributed by atoms with Crippen LogP contribution >= 0.6 is 0 Å². The van der Waals surface area contributed by atoms with Gasteiger partial charge in [0.15, 0.2) is 0 Å². The Morgan fingerprint density at radius 2 is 1.78 bits per heavy atom. The van der Waals surface area contributed by atoms with E-state index in [-0.39, 0.29) is 5.65 Å². The van der Waals surface area contributed by atoms with Crippen molar-refractivity contribution >= 4 is 13.1 Å². The summed E-state index contributed by atoms with van der Waals surface area (Å²) in [6.45, 7) is 0. The van der Waals surface area contributed by atoms with Crippen LogP contribution in [-0.2, 0) is 0 Å². The first-order chi connectivity index (χ1) is 4.30. The molecule has 0 spiro atoms. The van der Waals surface area contributed by atoms with Gasteiger partial charge >= 0.3 is 54.1 Å². The Balaban J connectivity index is 2.98. The van der Waals surface area contributed by atoms with Crippen molar-refractivity contribution < 1.29 is 5.11 Å². The summed E-state index contributed by atoms with van der Waals surface area (Å²) in [5, 5.41) is 8.83. The van der Waals surface area contributed by atoms with Gasteiger partial charge in [0.2, 0.25) is 0 Å². The van der Waals surface area contributed by atoms with Crippen LogP contribution in [0.25, 0.3) is 0 Å². The second kappa shape index (κ2) is 2.49. The van der Waals surface area contributed by atoms with Gasteiger partial charge in [-0.15, -0.1) is 0 Å². The van der Waals surface area contributed by atoms with E-state index in [0.29, 0.717) is 0 Å². The number of rotatable bonds is 1. The number of hydrogen-bond donors (Lipinski definition) is 1. The molecule has 0 saturated heterocycles. The van der Waals surface area contributed by atoms with Crippen molar-refractivity contribution in [1.29, 1.82) is 0 Å². The molecule has 1 N–H and O–H groups in total. The summed E-state index contributed by atoms with van der Waals surface area (Å²) in [4.78, 5) is 0. The number of aliphatic hydroxyl groups excluding tert-OH is 1. The van der Waals surface area contributed by atoms with E-state index in [1.807, 2.05) is 30.3 Å². The van der Waals surface area contributed by atoms with Crippen molar-refractivity contribution in [2.75, 3.05) is 0 Å². The molecule has 0 aromatic heterocycles. The summed E-state index contributed by atoms with van der Waals surface area (Å²) < 4.78 is 0. The summed E-state index contributed by atoms with van der Waals surface area (Å²) >= 11 is 0. The van der Waals surface area contributed by atoms with Gasteiger partial charge in [0.05, 0.1) is 0 Å². The molecule has 0 bridgehead atoms. The average molecular weight is 118 g/mol. The number of aliphatic hydroxyl groups is 1. The quantitative estimate of drug-likeness (QED) is 0.530. The van der Waals surface area contributed by atoms with Crippen LogP contribution in [0.1, 0.15) is 5.56 Å². The van der Waals surface area contributed by atoms with Crippen LogP contribution in [0.2, 0.25) is 0 Å². The zero-order valence-corrected chi connectivity index (χ0v) is 5.04. The minimum absolute atomic E-state index is 0.121. The minimum atomic E-state index is 0.121. The third-order valence-corrected chi connectivity index (χ3v) is 1.11. The molecule has 44 valence electrons. The van der Waals surface area contributed by atoms with Crippen molar-refractivity contribution in [1.82, 2.24) is 0 Å². The second-order valence-electron chi connectivity index (χ2n) is 1.81. The Labute approximate surface area is 55.0 Å². The van der Waals surface area contributed by atoms with Crippen LogP contribution in [-0.4, -0.2) is 18.2 Å². The summed E-state index contributed by atoms with van der Waals surface area (Å²) in [6.07, 6.45) is 0. The van der Waals surface area contributed by atoms with Gasteiger partial charge in [-0.2, -0.15) is 0 Å². The van der Waals surface area contributed by atoms with Crippen molar-refractivity contribution in [2.45, 2.75) is 0 Å². The van der Waals surface area contributed by atoms with Gasteiger partial charge in [-0.25, -0.2) is 0 Å². The van der Waals surface area contributed by atoms with E-state index in [1.54, 1.807) is 0 Å². The first kappa shape index (κ1) is 6.08. The van der Waals surface area contributed by atoms with Crippen molar-refractivity contribution in [3.05, 3.63) is 35.9 Å². The fraction of sp³-hybridized carbons (Fsp3) is 0. The first-order valence-corrected chi connectivity index (χ1v) is 2.74. The monoisotopic (exact) mass is 118 g/mol. The fourth-order valence-electron chi connectivity index (χ4n) is 0.631. The van der Waals surface area contributed by atoms with E-state index in [2.05, 4.69) is 7.49 Å². The second-order valence-corrected chi connectivity index (χ2v) is 1.81. The molecule has 1 nitrogen and oxygen atoms in total. The first-order valence-electron chi connectivity index (χ1n) is 2.74. The van der Waals surface area contributed by atoms with Gasteiger partial charge < -0.3 is 0 Å². The molecule has 2 heteroatoms. The molecule has 0 unspecified atom stereocenters. The maximum absolute atomic E-state index is 8.83. The summed E-state index contributed by atoms with van der Waals surface area (Å²) in [5.41, 5.74) is 0.896. The Bertz CT molecular complexity index is 205. The zero-order valence-electron chi connectivity index (χ0n) is 5.04. The summed E-state index contributed by atoms with van der Waals surface area (Å²) in [6, 6.07) is 9.23. The van der Waals surface area contributed by atoms with Crippen molar-refractivity contribution in [3.63, 3.8) is 0 Å². The van der Waals surface area contributed by atoms with E-state index < -0.39 is 0 Å². The fourth-order valence-corrected chi connectivity index (χ4v) is 0.631. The van der Waals surface area contributed by atoms with Gasteiger partial charge in [-0.1, -0.05) is 0 Å². The molecule has 0 aliphatic rings. The van der Waals surface area contributed by atoms with Crippen molar-refractivity contribution in [3.8, 4) is 0 Å². The van der Waals surface area contributed by atoms with E-state index in [1.165, 1.54) is 0 Å². The average Bonchev–Trinajstić information content (AvgIpc) is 1.90. The summed E-state index contributed by atoms with van der Waals surface area (Å²) in [7, 11) is 3.38. The molecule has 1 rings (SSSR count). The molecule has 9 heavy (non-hydrogen) atoms. The van der Waals surface area contributed by atoms with Crippen LogP contribution in [0.4, 0.5) is 0 Å². The normalized spacial score (nSPS) is 8.78. The third-order valence-electron chi connectivity index (χ3n) is 1.11. The molecule has 0 aliphatic heterocycles. The van der Waals surface area contributed by atoms with Crippen LogP contribution in [0.3, 0.4) is 0 Å². The zero-order chi connectivity index (χ0) is 6.69. The predicted octanol–water partition coefficient (Wildman–Crippen LogP) is 0.438. The van der Waals surface area contributed by atoms with Crippen molar-refractivity contribution in [2.24, 2.45) is 0 Å². The van der Waals surface area contributed by atoms with Gasteiger partial charge in [0.1, 0.15) is 0 Å². The molecular weight excluding hydrogens is 111 g/mol. The molecule has 0 heterocycles. The van der Waals surface area contributed by atoms with E-state index in [4.69, 9.17) is 5.11 Å². The molecule has 0 saturated carbocycles. The topological polar surface area (TPSA) is 20.2 Å². The molecule has 0 atom stereocenters. The third kappa shape index (κ3) is 1.42. The van der Waals surface area contributed by atoms with Crippen LogP contribution < -0.4 is 0 Å². The van der Waals surface area contributed by atoms with Gasteiger partial charge in [-0.05, 0) is 0 Å². The van der Waals surface area contributed by atoms with Crippen LogP contribution in [0, 0.1) is 0 Å². The Morgan fingerprint density at radius 3 is 2.11 bits per heavy atom. The van der Waals surface area contributed by atoms with Crippen LogP contribution in [0.5, 0.6) is 0 Å². The molecule has 0 aliphatic carbocycles. The Hall–Kier alpha value is -1.05. The maximum atomic E-state index is 8.83. The number of benzene rings is 1. The Morgan fingerprint density at radius 1 is 1.22 bits per heavy atom. The van der Waals surface area contributed by atoms with E-state index >= 15 is 0 Å². The van der Waals surface area contributed by atoms with Crippen LogP contribution in [0.15, 0.2) is 30.3 Å². The predicted molar refractivity (Wildman–Crippen MR) is 39.6 cm³/mol. The molecule has 1 aromatic rings. The van der Waals surface area contributed by atoms with Gasteiger partial charge in [-0.3, -0.25) is 0 Å². The van der Waals surface area contributed by atoms with E-state index in [0.717, 1.165) is 5.56 Å². The molecule has 0 radical (unpaired) electrons. The standard InChI is InChI=1S/C7H7BO/c8-7(9)6-4-2-1-3-5-6/h1-5,8-9H. The van der Waals surface area contributed by atoms with Gasteiger partial charge in [0, 0.05) is 0 Å². The summed E-state index contributed by atoms with van der Waals surface area (Å²) in [5.74, 6) is 0. The molecule has 1 aromatic carbocycles. The van der Waals surface area contributed by atoms with Gasteiger partial charge in [0.25, 0.3) is 0 Å². The number of hydrogen-bond acceptors (Lipinski definition) is 1. The SMILES string of the molecule is B=C(O)c1ccccc1.